The number of nitrogens with two attached hydrogens (primary N) is 1. The van der Waals surface area contributed by atoms with Crippen LogP contribution in [-0.4, -0.2) is 16.6 Å². The average Bonchev–Trinajstić information content (AvgIpc) is 2.27. The highest BCUT2D eigenvalue weighted by Crippen LogP contribution is 2.24. The van der Waals surface area contributed by atoms with Gasteiger partial charge in [0.05, 0.1) is 5.56 Å². The van der Waals surface area contributed by atoms with Gasteiger partial charge in [0.15, 0.2) is 0 Å². The van der Waals surface area contributed by atoms with E-state index in [1.807, 2.05) is 20.8 Å². The van der Waals surface area contributed by atoms with Crippen molar-refractivity contribution in [1.82, 2.24) is 9.97 Å². The highest BCUT2D eigenvalue weighted by Gasteiger charge is 2.13. The smallest absolute Gasteiger partial charge is 0.222 e. The van der Waals surface area contributed by atoms with Crippen molar-refractivity contribution >= 4 is 5.82 Å². The molecule has 0 spiro atoms. The predicted molar refractivity (Wildman–Crippen MR) is 64.4 cm³/mol. The molecule has 1 aromatic heterocycles. The lowest BCUT2D eigenvalue weighted by Gasteiger charge is -2.13. The molecule has 0 aliphatic carbocycles. The van der Waals surface area contributed by atoms with E-state index in [9.17, 15) is 0 Å². The van der Waals surface area contributed by atoms with Crippen LogP contribution < -0.4 is 16.0 Å². The van der Waals surface area contributed by atoms with Gasteiger partial charge in [0.25, 0.3) is 0 Å². The zero-order valence-corrected chi connectivity index (χ0v) is 9.95. The van der Waals surface area contributed by atoms with Crippen LogP contribution in [0.2, 0.25) is 0 Å². The molecule has 0 aromatic carbocycles. The van der Waals surface area contributed by atoms with E-state index in [-0.39, 0.29) is 5.92 Å². The molecule has 5 nitrogen and oxygen atoms in total. The zero-order chi connectivity index (χ0) is 12.1. The molecule has 0 bridgehead atoms. The molecule has 1 rings (SSSR count). The van der Waals surface area contributed by atoms with Crippen LogP contribution in [0.25, 0.3) is 0 Å². The standard InChI is InChI=1S/C11H18N4O/c1-5-6-16-11-8(4)10(15-12)13-9(14-11)7(2)3/h5,7H,1,6,12H2,2-4H3,(H,13,14,15). The maximum absolute atomic E-state index is 5.45. The van der Waals surface area contributed by atoms with Gasteiger partial charge in [-0.25, -0.2) is 10.8 Å². The second kappa shape index (κ2) is 5.46. The van der Waals surface area contributed by atoms with Gasteiger partial charge in [-0.05, 0) is 6.92 Å². The fourth-order valence-corrected chi connectivity index (χ4v) is 1.19. The Labute approximate surface area is 95.7 Å². The van der Waals surface area contributed by atoms with Crippen LogP contribution in [-0.2, 0) is 0 Å². The first-order valence-electron chi connectivity index (χ1n) is 5.19. The molecular weight excluding hydrogens is 204 g/mol. The fraction of sp³-hybridized carbons (Fsp3) is 0.455. The van der Waals surface area contributed by atoms with Crippen LogP contribution in [0.15, 0.2) is 12.7 Å². The molecule has 1 heterocycles. The van der Waals surface area contributed by atoms with E-state index in [2.05, 4.69) is 22.0 Å². The third-order valence-electron chi connectivity index (χ3n) is 2.11. The Balaban J connectivity index is 3.13. The summed E-state index contributed by atoms with van der Waals surface area (Å²) in [6.07, 6.45) is 1.67. The summed E-state index contributed by atoms with van der Waals surface area (Å²) in [7, 11) is 0. The fourth-order valence-electron chi connectivity index (χ4n) is 1.19. The van der Waals surface area contributed by atoms with Gasteiger partial charge in [0.1, 0.15) is 18.2 Å². The Morgan fingerprint density at radius 2 is 2.19 bits per heavy atom. The summed E-state index contributed by atoms with van der Waals surface area (Å²) in [5, 5.41) is 0. The van der Waals surface area contributed by atoms with Crippen molar-refractivity contribution in [3.8, 4) is 5.88 Å². The van der Waals surface area contributed by atoms with Gasteiger partial charge in [0.2, 0.25) is 5.88 Å². The lowest BCUT2D eigenvalue weighted by Crippen LogP contribution is -2.14. The molecule has 16 heavy (non-hydrogen) atoms. The summed E-state index contributed by atoms with van der Waals surface area (Å²) in [4.78, 5) is 8.65. The van der Waals surface area contributed by atoms with E-state index in [4.69, 9.17) is 10.6 Å². The first-order chi connectivity index (χ1) is 7.60. The monoisotopic (exact) mass is 222 g/mol. The molecule has 0 aliphatic rings. The molecule has 0 amide bonds. The first kappa shape index (κ1) is 12.4. The van der Waals surface area contributed by atoms with Crippen LogP contribution >= 0.6 is 0 Å². The average molecular weight is 222 g/mol. The summed E-state index contributed by atoms with van der Waals surface area (Å²) in [6, 6.07) is 0. The Morgan fingerprint density at radius 3 is 2.69 bits per heavy atom. The molecule has 3 N–H and O–H groups in total. The maximum atomic E-state index is 5.45. The molecule has 0 unspecified atom stereocenters. The molecule has 0 saturated carbocycles. The van der Waals surface area contributed by atoms with Gasteiger partial charge in [-0.15, -0.1) is 0 Å². The minimum absolute atomic E-state index is 0.221. The number of hydrogen-bond acceptors (Lipinski definition) is 5. The Bertz CT molecular complexity index is 376. The van der Waals surface area contributed by atoms with Crippen LogP contribution in [0.4, 0.5) is 5.82 Å². The topological polar surface area (TPSA) is 73.1 Å². The van der Waals surface area contributed by atoms with Gasteiger partial charge in [-0.3, -0.25) is 0 Å². The predicted octanol–water partition coefficient (Wildman–Crippen LogP) is 1.76. The van der Waals surface area contributed by atoms with E-state index in [0.717, 1.165) is 5.56 Å². The van der Waals surface area contributed by atoms with Crippen LogP contribution in [0, 0.1) is 6.92 Å². The number of nitrogens with one attached hydrogen (secondary N) is 1. The molecule has 0 fully saturated rings. The molecule has 1 aromatic rings. The third-order valence-corrected chi connectivity index (χ3v) is 2.11. The third kappa shape index (κ3) is 2.70. The van der Waals surface area contributed by atoms with Crippen molar-refractivity contribution in [2.24, 2.45) is 5.84 Å². The highest BCUT2D eigenvalue weighted by molar-refractivity contribution is 5.47. The van der Waals surface area contributed by atoms with Crippen molar-refractivity contribution in [3.05, 3.63) is 24.0 Å². The summed E-state index contributed by atoms with van der Waals surface area (Å²) in [6.45, 7) is 9.90. The van der Waals surface area contributed by atoms with Crippen molar-refractivity contribution in [1.29, 1.82) is 0 Å². The van der Waals surface area contributed by atoms with E-state index < -0.39 is 0 Å². The molecule has 5 heteroatoms. The number of nitrogens with zero attached hydrogens (tertiary/aromatic N) is 2. The minimum atomic E-state index is 0.221. The molecule has 0 aliphatic heterocycles. The molecule has 88 valence electrons. The normalized spacial score (nSPS) is 10.3. The van der Waals surface area contributed by atoms with Crippen LogP contribution in [0.5, 0.6) is 5.88 Å². The van der Waals surface area contributed by atoms with Gasteiger partial charge in [-0.2, -0.15) is 4.98 Å². The van der Waals surface area contributed by atoms with E-state index >= 15 is 0 Å². The quantitative estimate of drug-likeness (QED) is 0.451. The molecule has 0 saturated heterocycles. The number of rotatable bonds is 5. The summed E-state index contributed by atoms with van der Waals surface area (Å²) in [5.41, 5.74) is 3.35. The van der Waals surface area contributed by atoms with Gasteiger partial charge in [0, 0.05) is 5.92 Å². The summed E-state index contributed by atoms with van der Waals surface area (Å²) >= 11 is 0. The number of nitrogen functional groups attached to an aromatic ring is 1. The zero-order valence-electron chi connectivity index (χ0n) is 9.95. The van der Waals surface area contributed by atoms with E-state index in [1.165, 1.54) is 0 Å². The first-order valence-corrected chi connectivity index (χ1v) is 5.19. The SMILES string of the molecule is C=CCOc1nc(C(C)C)nc(NN)c1C. The number of ether oxygens (including phenoxy) is 1. The van der Waals surface area contributed by atoms with Crippen molar-refractivity contribution < 1.29 is 4.74 Å². The van der Waals surface area contributed by atoms with E-state index in [0.29, 0.717) is 24.1 Å². The number of hydrazine groups is 1. The van der Waals surface area contributed by atoms with Crippen molar-refractivity contribution in [2.45, 2.75) is 26.7 Å². The Kier molecular flexibility index (Phi) is 4.25. The largest absolute Gasteiger partial charge is 0.473 e. The lowest BCUT2D eigenvalue weighted by molar-refractivity contribution is 0.343. The van der Waals surface area contributed by atoms with Crippen LogP contribution in [0.3, 0.4) is 0 Å². The van der Waals surface area contributed by atoms with E-state index in [1.54, 1.807) is 6.08 Å². The Morgan fingerprint density at radius 1 is 1.50 bits per heavy atom. The lowest BCUT2D eigenvalue weighted by atomic mass is 10.2. The number of anilines is 1. The minimum Gasteiger partial charge on any atom is -0.473 e. The second-order valence-electron chi connectivity index (χ2n) is 3.76. The second-order valence-corrected chi connectivity index (χ2v) is 3.76. The number of hydrogen-bond donors (Lipinski definition) is 2. The molecule has 0 radical (unpaired) electrons. The van der Waals surface area contributed by atoms with Crippen molar-refractivity contribution in [2.75, 3.05) is 12.0 Å². The Hall–Kier alpha value is -1.62. The van der Waals surface area contributed by atoms with Crippen LogP contribution in [0.1, 0.15) is 31.2 Å². The number of aromatic nitrogens is 2. The molecular formula is C11H18N4O. The summed E-state index contributed by atoms with van der Waals surface area (Å²) < 4.78 is 5.45. The highest BCUT2D eigenvalue weighted by atomic mass is 16.5. The van der Waals surface area contributed by atoms with Gasteiger partial charge < -0.3 is 10.2 Å². The summed E-state index contributed by atoms with van der Waals surface area (Å²) in [5.74, 6) is 7.47. The molecule has 0 atom stereocenters. The van der Waals surface area contributed by atoms with Crippen molar-refractivity contribution in [3.63, 3.8) is 0 Å². The maximum Gasteiger partial charge on any atom is 0.222 e. The van der Waals surface area contributed by atoms with Gasteiger partial charge in [-0.1, -0.05) is 26.5 Å². The van der Waals surface area contributed by atoms with Gasteiger partial charge >= 0.3 is 0 Å².